The number of aromatic hydroxyl groups is 1. The van der Waals surface area contributed by atoms with E-state index in [9.17, 15) is 22.3 Å². The van der Waals surface area contributed by atoms with E-state index in [0.29, 0.717) is 36.2 Å². The molecule has 7 nitrogen and oxygen atoms in total. The number of phenols is 1. The van der Waals surface area contributed by atoms with Gasteiger partial charge in [-0.25, -0.2) is 26.7 Å². The monoisotopic (exact) mass is 578 g/mol. The third-order valence-electron chi connectivity index (χ3n) is 6.28. The van der Waals surface area contributed by atoms with E-state index < -0.39 is 21.7 Å². The SMILES string of the molecule is C.O=S(=O)(c1ccc(F)c(F)c1)N1CCC(Cc2cc(-c3ccccc3O)nc3c(Br)cnn23)CC1. The van der Waals surface area contributed by atoms with Gasteiger partial charge in [0.25, 0.3) is 0 Å². The van der Waals surface area contributed by atoms with Crippen molar-refractivity contribution in [3.05, 3.63) is 76.5 Å². The molecule has 190 valence electrons. The van der Waals surface area contributed by atoms with Crippen LogP contribution in [0.1, 0.15) is 26.0 Å². The lowest BCUT2D eigenvalue weighted by Gasteiger charge is -2.31. The predicted octanol–water partition coefficient (Wildman–Crippen LogP) is 5.42. The van der Waals surface area contributed by atoms with Crippen molar-refractivity contribution in [2.75, 3.05) is 13.1 Å². The molecule has 0 atom stereocenters. The Morgan fingerprint density at radius 1 is 1.06 bits per heavy atom. The normalized spacial score (nSPS) is 15.2. The van der Waals surface area contributed by atoms with Gasteiger partial charge in [-0.1, -0.05) is 19.6 Å². The first-order valence-corrected chi connectivity index (χ1v) is 13.2. The molecule has 0 amide bonds. The van der Waals surface area contributed by atoms with Crippen LogP contribution in [0.15, 0.2) is 64.1 Å². The van der Waals surface area contributed by atoms with Gasteiger partial charge in [0.1, 0.15) is 5.75 Å². The zero-order valence-electron chi connectivity index (χ0n) is 18.4. The average Bonchev–Trinajstić information content (AvgIpc) is 3.22. The fraction of sp³-hybridized carbons (Fsp3) is 0.280. The summed E-state index contributed by atoms with van der Waals surface area (Å²) in [6, 6.07) is 11.5. The lowest BCUT2D eigenvalue weighted by Crippen LogP contribution is -2.39. The molecule has 1 N–H and O–H groups in total. The van der Waals surface area contributed by atoms with E-state index in [1.54, 1.807) is 28.9 Å². The molecule has 36 heavy (non-hydrogen) atoms. The molecule has 1 aliphatic heterocycles. The Kier molecular flexibility index (Phi) is 7.44. The molecule has 5 rings (SSSR count). The standard InChI is InChI=1S/C24H21BrF2N4O3S.CH4/c25-19-14-28-31-16(12-22(29-24(19)31)18-3-1-2-4-23(18)32)11-15-7-9-30(10-8-15)35(33,34)17-5-6-20(26)21(27)13-17;/h1-6,12-15,32H,7-11H2;1H4. The van der Waals surface area contributed by atoms with Gasteiger partial charge in [-0.3, -0.25) is 0 Å². The highest BCUT2D eigenvalue weighted by Gasteiger charge is 2.30. The molecule has 2 aromatic heterocycles. The number of hydrogen-bond donors (Lipinski definition) is 1. The van der Waals surface area contributed by atoms with Gasteiger partial charge in [0.15, 0.2) is 17.3 Å². The van der Waals surface area contributed by atoms with Crippen molar-refractivity contribution >= 4 is 31.6 Å². The first-order chi connectivity index (χ1) is 16.7. The molecule has 0 unspecified atom stereocenters. The van der Waals surface area contributed by atoms with E-state index >= 15 is 0 Å². The zero-order chi connectivity index (χ0) is 24.7. The van der Waals surface area contributed by atoms with Crippen LogP contribution in [0.4, 0.5) is 8.78 Å². The quantitative estimate of drug-likeness (QED) is 0.341. The average molecular weight is 579 g/mol. The zero-order valence-corrected chi connectivity index (χ0v) is 20.8. The number of benzene rings is 2. The number of aromatic nitrogens is 3. The number of rotatable bonds is 5. The molecule has 4 aromatic rings. The minimum Gasteiger partial charge on any atom is -0.507 e. The molecule has 0 bridgehead atoms. The lowest BCUT2D eigenvalue weighted by atomic mass is 9.92. The molecule has 1 fully saturated rings. The number of halogens is 3. The summed E-state index contributed by atoms with van der Waals surface area (Å²) in [6.07, 6.45) is 3.49. The second-order valence-electron chi connectivity index (χ2n) is 8.51. The van der Waals surface area contributed by atoms with Crippen molar-refractivity contribution in [1.82, 2.24) is 18.9 Å². The van der Waals surface area contributed by atoms with E-state index in [2.05, 4.69) is 26.0 Å². The number of sulfonamides is 1. The largest absolute Gasteiger partial charge is 0.507 e. The minimum absolute atomic E-state index is 0. The van der Waals surface area contributed by atoms with Crippen LogP contribution in [0.5, 0.6) is 5.75 Å². The van der Waals surface area contributed by atoms with E-state index in [1.165, 1.54) is 4.31 Å². The molecule has 1 aliphatic rings. The van der Waals surface area contributed by atoms with Crippen molar-refractivity contribution < 1.29 is 22.3 Å². The Balaban J connectivity index is 0.00000304. The van der Waals surface area contributed by atoms with Gasteiger partial charge in [0, 0.05) is 24.3 Å². The van der Waals surface area contributed by atoms with Crippen molar-refractivity contribution in [2.24, 2.45) is 5.92 Å². The molecule has 0 saturated carbocycles. The Bertz CT molecular complexity index is 1520. The molecule has 0 spiro atoms. The van der Waals surface area contributed by atoms with E-state index in [4.69, 9.17) is 0 Å². The smallest absolute Gasteiger partial charge is 0.243 e. The van der Waals surface area contributed by atoms with Gasteiger partial charge in [-0.15, -0.1) is 0 Å². The number of nitrogens with zero attached hydrogens (tertiary/aromatic N) is 4. The third-order valence-corrected chi connectivity index (χ3v) is 8.74. The number of hydrogen-bond acceptors (Lipinski definition) is 5. The molecule has 3 heterocycles. The van der Waals surface area contributed by atoms with Crippen LogP contribution < -0.4 is 0 Å². The second-order valence-corrected chi connectivity index (χ2v) is 11.3. The summed E-state index contributed by atoms with van der Waals surface area (Å²) in [7, 11) is -3.91. The van der Waals surface area contributed by atoms with Gasteiger partial charge in [0.2, 0.25) is 10.0 Å². The maximum absolute atomic E-state index is 13.6. The Morgan fingerprint density at radius 3 is 2.47 bits per heavy atom. The number of piperidine rings is 1. The highest BCUT2D eigenvalue weighted by molar-refractivity contribution is 9.10. The molecule has 0 radical (unpaired) electrons. The summed E-state index contributed by atoms with van der Waals surface area (Å²) in [4.78, 5) is 4.41. The lowest BCUT2D eigenvalue weighted by molar-refractivity contribution is 0.271. The van der Waals surface area contributed by atoms with Gasteiger partial charge in [-0.05, 0) is 77.5 Å². The summed E-state index contributed by atoms with van der Waals surface area (Å²) in [5.74, 6) is -1.97. The summed E-state index contributed by atoms with van der Waals surface area (Å²) in [5.41, 5.74) is 2.74. The van der Waals surface area contributed by atoms with Gasteiger partial charge in [0.05, 0.1) is 21.3 Å². The van der Waals surface area contributed by atoms with Crippen molar-refractivity contribution in [3.8, 4) is 17.0 Å². The highest BCUT2D eigenvalue weighted by Crippen LogP contribution is 2.32. The Hall–Kier alpha value is -2.89. The predicted molar refractivity (Wildman–Crippen MR) is 136 cm³/mol. The maximum Gasteiger partial charge on any atom is 0.243 e. The van der Waals surface area contributed by atoms with E-state index in [1.807, 2.05) is 12.1 Å². The topological polar surface area (TPSA) is 87.8 Å². The van der Waals surface area contributed by atoms with E-state index in [0.717, 1.165) is 28.4 Å². The van der Waals surface area contributed by atoms with Crippen molar-refractivity contribution in [3.63, 3.8) is 0 Å². The number of para-hydroxylation sites is 1. The van der Waals surface area contributed by atoms with Crippen LogP contribution in [-0.2, 0) is 16.4 Å². The van der Waals surface area contributed by atoms with Crippen molar-refractivity contribution in [1.29, 1.82) is 0 Å². The van der Waals surface area contributed by atoms with Gasteiger partial charge >= 0.3 is 0 Å². The summed E-state index contributed by atoms with van der Waals surface area (Å²) in [6.45, 7) is 0.546. The van der Waals surface area contributed by atoms with Gasteiger partial charge in [-0.2, -0.15) is 9.40 Å². The van der Waals surface area contributed by atoms with Crippen LogP contribution in [0.3, 0.4) is 0 Å². The number of fused-ring (bicyclic) bond motifs is 1. The fourth-order valence-electron chi connectivity index (χ4n) is 4.41. The summed E-state index contributed by atoms with van der Waals surface area (Å²) in [5, 5.41) is 14.7. The second kappa shape index (κ2) is 10.2. The molecular formula is C25H25BrF2N4O3S. The van der Waals surface area contributed by atoms with Crippen LogP contribution in [-0.4, -0.2) is 45.5 Å². The van der Waals surface area contributed by atoms with Gasteiger partial charge < -0.3 is 5.11 Å². The van der Waals surface area contributed by atoms with Crippen LogP contribution >= 0.6 is 15.9 Å². The summed E-state index contributed by atoms with van der Waals surface area (Å²) >= 11 is 3.48. The number of phenolic OH excluding ortho intramolecular Hbond substituents is 1. The molecular weight excluding hydrogens is 554 g/mol. The molecule has 0 aliphatic carbocycles. The molecule has 1 saturated heterocycles. The Morgan fingerprint density at radius 2 is 1.78 bits per heavy atom. The van der Waals surface area contributed by atoms with Crippen molar-refractivity contribution in [2.45, 2.75) is 31.6 Å². The molecule has 2 aromatic carbocycles. The van der Waals surface area contributed by atoms with Crippen LogP contribution in [0.25, 0.3) is 16.9 Å². The minimum atomic E-state index is -3.91. The molecule has 11 heteroatoms. The van der Waals surface area contributed by atoms with E-state index in [-0.39, 0.29) is 37.1 Å². The maximum atomic E-state index is 13.6. The fourth-order valence-corrected chi connectivity index (χ4v) is 6.24. The van der Waals surface area contributed by atoms with Crippen LogP contribution in [0.2, 0.25) is 0 Å². The highest BCUT2D eigenvalue weighted by atomic mass is 79.9. The third kappa shape index (κ3) is 4.87. The van der Waals surface area contributed by atoms with Crippen LogP contribution in [0, 0.1) is 17.6 Å². The first kappa shape index (κ1) is 26.2. The summed E-state index contributed by atoms with van der Waals surface area (Å²) < 4.78 is 56.5. The Labute approximate surface area is 216 Å². The first-order valence-electron chi connectivity index (χ1n) is 11.0.